The number of hydrogen-bond acceptors (Lipinski definition) is 8. The number of nitrogens with one attached hydrogen (secondary N) is 2. The minimum absolute atomic E-state index is 0.0363. The van der Waals surface area contributed by atoms with Crippen molar-refractivity contribution in [2.24, 2.45) is 11.8 Å². The molecule has 8 nitrogen and oxygen atoms in total. The lowest BCUT2D eigenvalue weighted by Gasteiger charge is -2.49. The van der Waals surface area contributed by atoms with Gasteiger partial charge in [0.1, 0.15) is 10.8 Å². The number of aryl methyl sites for hydroxylation is 1. The summed E-state index contributed by atoms with van der Waals surface area (Å²) in [5.41, 5.74) is 5.01. The molecule has 1 aliphatic heterocycles. The monoisotopic (exact) mass is 677 g/mol. The lowest BCUT2D eigenvalue weighted by Crippen LogP contribution is -2.51. The van der Waals surface area contributed by atoms with Crippen LogP contribution in [0.3, 0.4) is 0 Å². The summed E-state index contributed by atoms with van der Waals surface area (Å²) in [4.78, 5) is 12.0. The van der Waals surface area contributed by atoms with Crippen LogP contribution in [0.5, 0.6) is 5.75 Å². The van der Waals surface area contributed by atoms with Crippen molar-refractivity contribution in [2.45, 2.75) is 108 Å². The predicted molar refractivity (Wildman–Crippen MR) is 192 cm³/mol. The van der Waals surface area contributed by atoms with Crippen molar-refractivity contribution in [1.82, 2.24) is 14.9 Å². The van der Waals surface area contributed by atoms with Gasteiger partial charge in [0.05, 0.1) is 33.8 Å². The summed E-state index contributed by atoms with van der Waals surface area (Å²) in [5.74, 6) is 2.88. The molecule has 2 fully saturated rings. The second-order valence-electron chi connectivity index (χ2n) is 14.1. The number of sulfone groups is 1. The molecule has 0 radical (unpaired) electrons. The normalized spacial score (nSPS) is 20.9. The Morgan fingerprint density at radius 1 is 0.979 bits per heavy atom. The van der Waals surface area contributed by atoms with E-state index in [9.17, 15) is 8.42 Å². The van der Waals surface area contributed by atoms with E-state index >= 15 is 0 Å². The van der Waals surface area contributed by atoms with Gasteiger partial charge in [0.15, 0.2) is 15.7 Å². The molecule has 1 aromatic heterocycles. The number of likely N-dealkylation sites (N-methyl/N-ethyl adjacent to an activating group) is 1. The lowest BCUT2D eigenvalue weighted by molar-refractivity contribution is 0.0521. The Kier molecular flexibility index (Phi) is 9.89. The summed E-state index contributed by atoms with van der Waals surface area (Å²) in [7, 11) is -1.19. The topological polar surface area (TPSA) is 96.5 Å². The first-order valence-electron chi connectivity index (χ1n) is 17.1. The van der Waals surface area contributed by atoms with Gasteiger partial charge in [0, 0.05) is 12.1 Å². The van der Waals surface area contributed by atoms with Gasteiger partial charge in [-0.3, -0.25) is 4.90 Å². The highest BCUT2D eigenvalue weighted by molar-refractivity contribution is 7.92. The van der Waals surface area contributed by atoms with Gasteiger partial charge in [-0.05, 0) is 127 Å². The second kappa shape index (κ2) is 13.8. The quantitative estimate of drug-likeness (QED) is 0.208. The molecule has 252 valence electrons. The number of halogens is 1. The Labute approximate surface area is 285 Å². The van der Waals surface area contributed by atoms with E-state index in [0.29, 0.717) is 29.5 Å². The maximum absolute atomic E-state index is 13.1. The molecule has 0 unspecified atom stereocenters. The average molecular weight is 678 g/mol. The molecule has 0 saturated heterocycles. The van der Waals surface area contributed by atoms with Gasteiger partial charge in [-0.15, -0.1) is 0 Å². The highest BCUT2D eigenvalue weighted by Crippen LogP contribution is 2.46. The van der Waals surface area contributed by atoms with Crippen LogP contribution in [0.1, 0.15) is 83.8 Å². The van der Waals surface area contributed by atoms with Crippen molar-refractivity contribution >= 4 is 50.2 Å². The lowest BCUT2D eigenvalue weighted by atomic mass is 9.70. The Morgan fingerprint density at radius 2 is 1.68 bits per heavy atom. The summed E-state index contributed by atoms with van der Waals surface area (Å²) < 4.78 is 32.5. The fourth-order valence-corrected chi connectivity index (χ4v) is 8.41. The molecule has 2 saturated carbocycles. The fourth-order valence-electron chi connectivity index (χ4n) is 7.07. The van der Waals surface area contributed by atoms with Crippen LogP contribution in [0, 0.1) is 18.8 Å². The first-order chi connectivity index (χ1) is 22.4. The molecule has 6 rings (SSSR count). The molecule has 2 aliphatic carbocycles. The van der Waals surface area contributed by atoms with E-state index < -0.39 is 15.1 Å². The Balaban J connectivity index is 1.32. The molecular formula is C37H48ClN5O3S. The SMILES string of the molecule is Cc1cc(Nc2ncc(Cl)c(Nc3ccccc3S(=O)(=O)C(C)C)n2)c(OC(C)C)cc1C1=C[C@@H](C2CCC2)N(C)[C@@H](C2CCC2)C1. The van der Waals surface area contributed by atoms with Gasteiger partial charge in [0.25, 0.3) is 0 Å². The molecule has 2 aromatic carbocycles. The number of hydrogen-bond donors (Lipinski definition) is 2. The molecule has 0 bridgehead atoms. The van der Waals surface area contributed by atoms with Crippen LogP contribution < -0.4 is 15.4 Å². The van der Waals surface area contributed by atoms with E-state index in [1.807, 2.05) is 13.8 Å². The molecule has 10 heteroatoms. The second-order valence-corrected chi connectivity index (χ2v) is 16.9. The van der Waals surface area contributed by atoms with E-state index in [0.717, 1.165) is 29.7 Å². The number of aromatic nitrogens is 2. The Bertz CT molecular complexity index is 1750. The van der Waals surface area contributed by atoms with Crippen LogP contribution in [0.15, 0.2) is 53.6 Å². The van der Waals surface area contributed by atoms with Crippen molar-refractivity contribution in [1.29, 1.82) is 0 Å². The van der Waals surface area contributed by atoms with E-state index in [4.69, 9.17) is 16.3 Å². The Hall–Kier alpha value is -3.14. The molecule has 3 aliphatic rings. The number of para-hydroxylation sites is 1. The van der Waals surface area contributed by atoms with Gasteiger partial charge >= 0.3 is 0 Å². The zero-order chi connectivity index (χ0) is 33.5. The molecule has 2 atom stereocenters. The van der Waals surface area contributed by atoms with Gasteiger partial charge in [-0.2, -0.15) is 4.98 Å². The zero-order valence-corrected chi connectivity index (χ0v) is 30.0. The number of ether oxygens (including phenoxy) is 1. The highest BCUT2D eigenvalue weighted by atomic mass is 35.5. The largest absolute Gasteiger partial charge is 0.489 e. The van der Waals surface area contributed by atoms with Gasteiger partial charge in [-0.25, -0.2) is 13.4 Å². The molecule has 47 heavy (non-hydrogen) atoms. The summed E-state index contributed by atoms with van der Waals surface area (Å²) in [6.45, 7) is 9.55. The van der Waals surface area contributed by atoms with Gasteiger partial charge < -0.3 is 15.4 Å². The number of benzene rings is 2. The summed E-state index contributed by atoms with van der Waals surface area (Å²) >= 11 is 6.52. The van der Waals surface area contributed by atoms with E-state index in [1.54, 1.807) is 38.1 Å². The summed E-state index contributed by atoms with van der Waals surface area (Å²) in [5, 5.41) is 6.21. The van der Waals surface area contributed by atoms with Crippen LogP contribution in [0.2, 0.25) is 5.02 Å². The van der Waals surface area contributed by atoms with Crippen LogP contribution in [0.4, 0.5) is 23.1 Å². The predicted octanol–water partition coefficient (Wildman–Crippen LogP) is 8.95. The third-order valence-corrected chi connectivity index (χ3v) is 12.7. The fraction of sp³-hybridized carbons (Fsp3) is 0.514. The van der Waals surface area contributed by atoms with E-state index in [2.05, 4.69) is 57.7 Å². The summed E-state index contributed by atoms with van der Waals surface area (Å²) in [6.07, 6.45) is 13.1. The van der Waals surface area contributed by atoms with E-state index in [-0.39, 0.29) is 16.0 Å². The van der Waals surface area contributed by atoms with Crippen LogP contribution in [-0.4, -0.2) is 53.8 Å². The van der Waals surface area contributed by atoms with Crippen molar-refractivity contribution in [3.05, 3.63) is 64.8 Å². The third-order valence-electron chi connectivity index (χ3n) is 10.2. The smallest absolute Gasteiger partial charge is 0.229 e. The van der Waals surface area contributed by atoms with E-state index in [1.165, 1.54) is 61.4 Å². The molecule has 3 aromatic rings. The maximum Gasteiger partial charge on any atom is 0.229 e. The maximum atomic E-state index is 13.1. The average Bonchev–Trinajstić information content (AvgIpc) is 2.96. The van der Waals surface area contributed by atoms with Crippen LogP contribution >= 0.6 is 11.6 Å². The summed E-state index contributed by atoms with van der Waals surface area (Å²) in [6, 6.07) is 12.2. The minimum Gasteiger partial charge on any atom is -0.489 e. The first kappa shape index (κ1) is 33.7. The highest BCUT2D eigenvalue weighted by Gasteiger charge is 2.40. The number of anilines is 4. The zero-order valence-electron chi connectivity index (χ0n) is 28.4. The molecule has 2 heterocycles. The Morgan fingerprint density at radius 3 is 2.32 bits per heavy atom. The molecular weight excluding hydrogens is 630 g/mol. The molecule has 0 amide bonds. The van der Waals surface area contributed by atoms with Crippen molar-refractivity contribution in [3.63, 3.8) is 0 Å². The number of rotatable bonds is 11. The van der Waals surface area contributed by atoms with Gasteiger partial charge in [-0.1, -0.05) is 42.7 Å². The molecule has 0 spiro atoms. The first-order valence-corrected chi connectivity index (χ1v) is 19.0. The number of nitrogens with zero attached hydrogens (tertiary/aromatic N) is 3. The van der Waals surface area contributed by atoms with Crippen molar-refractivity contribution in [2.75, 3.05) is 17.7 Å². The standard InChI is InChI=1S/C37H48ClN5O3S/c1-22(2)46-34-20-28(27-18-32(25-11-9-12-25)43(6)33(19-27)26-13-10-14-26)24(5)17-31(34)41-37-39-21-29(38)36(42-37)40-30-15-7-8-16-35(30)47(44,45)23(3)4/h7-8,15-18,20-23,25-26,32-33H,9-14,19H2,1-6H3,(H2,39,40,41,42)/t32-,33+/m0/s1. The van der Waals surface area contributed by atoms with Gasteiger partial charge in [0.2, 0.25) is 5.95 Å². The van der Waals surface area contributed by atoms with Crippen molar-refractivity contribution in [3.8, 4) is 5.75 Å². The van der Waals surface area contributed by atoms with Crippen LogP contribution in [-0.2, 0) is 9.84 Å². The third kappa shape index (κ3) is 7.03. The minimum atomic E-state index is -3.54. The van der Waals surface area contributed by atoms with Crippen LogP contribution in [0.25, 0.3) is 5.57 Å². The molecule has 2 N–H and O–H groups in total. The van der Waals surface area contributed by atoms with Crippen molar-refractivity contribution < 1.29 is 13.2 Å².